The van der Waals surface area contributed by atoms with Gasteiger partial charge in [-0.2, -0.15) is 0 Å². The standard InChI is InChI=1S/C24H35NO2/c1-19(2)16-17-21(14-9-13-20-11-7-6-8-12-20)22-15-10-18-25(22)23(26)27-24(3,4)5/h6-8,11-12,16,19,22H,9-10,13-15,18H2,1-5H3. The predicted octanol–water partition coefficient (Wildman–Crippen LogP) is 6.15. The van der Waals surface area contributed by atoms with E-state index in [1.54, 1.807) is 0 Å². The van der Waals surface area contributed by atoms with E-state index in [0.717, 1.165) is 38.6 Å². The van der Waals surface area contributed by atoms with E-state index >= 15 is 0 Å². The summed E-state index contributed by atoms with van der Waals surface area (Å²) in [6.45, 7) is 10.9. The molecule has 0 aliphatic carbocycles. The van der Waals surface area contributed by atoms with Gasteiger partial charge in [0.25, 0.3) is 0 Å². The van der Waals surface area contributed by atoms with Gasteiger partial charge in [-0.05, 0) is 76.0 Å². The molecule has 0 aromatic heterocycles. The number of nitrogens with zero attached hydrogens (tertiary/aromatic N) is 1. The number of hydrogen-bond donors (Lipinski definition) is 0. The minimum absolute atomic E-state index is 0.116. The van der Waals surface area contributed by atoms with Crippen molar-refractivity contribution >= 4 is 6.09 Å². The van der Waals surface area contributed by atoms with Crippen molar-refractivity contribution in [2.24, 2.45) is 5.92 Å². The SMILES string of the molecule is CC(C)C=C=C(CCCc1ccccc1)C1CCCN1C(=O)OC(C)(C)C. The third-order valence-electron chi connectivity index (χ3n) is 4.64. The van der Waals surface area contributed by atoms with Crippen molar-refractivity contribution in [3.8, 4) is 0 Å². The molecule has 0 saturated carbocycles. The Balaban J connectivity index is 2.10. The van der Waals surface area contributed by atoms with Crippen LogP contribution >= 0.6 is 0 Å². The third-order valence-corrected chi connectivity index (χ3v) is 4.64. The molecule has 1 aliphatic heterocycles. The molecular formula is C24H35NO2. The quantitative estimate of drug-likeness (QED) is 0.563. The maximum absolute atomic E-state index is 12.7. The number of carbonyl (C=O) groups is 1. The molecule has 2 rings (SSSR count). The van der Waals surface area contributed by atoms with Gasteiger partial charge in [-0.25, -0.2) is 4.79 Å². The van der Waals surface area contributed by atoms with Crippen LogP contribution in [-0.4, -0.2) is 29.2 Å². The monoisotopic (exact) mass is 369 g/mol. The van der Waals surface area contributed by atoms with Crippen molar-refractivity contribution in [1.82, 2.24) is 4.90 Å². The second-order valence-corrected chi connectivity index (χ2v) is 8.75. The molecule has 1 saturated heterocycles. The van der Waals surface area contributed by atoms with Crippen LogP contribution in [0.1, 0.15) is 65.9 Å². The van der Waals surface area contributed by atoms with Crippen LogP contribution in [0.2, 0.25) is 0 Å². The zero-order valence-corrected chi connectivity index (χ0v) is 17.6. The lowest BCUT2D eigenvalue weighted by Gasteiger charge is -2.29. The van der Waals surface area contributed by atoms with Gasteiger partial charge in [-0.15, -0.1) is 5.73 Å². The van der Waals surface area contributed by atoms with Crippen molar-refractivity contribution in [3.63, 3.8) is 0 Å². The van der Waals surface area contributed by atoms with E-state index in [9.17, 15) is 4.79 Å². The van der Waals surface area contributed by atoms with E-state index in [1.165, 1.54) is 11.1 Å². The van der Waals surface area contributed by atoms with Crippen molar-refractivity contribution in [2.75, 3.05) is 6.54 Å². The first kappa shape index (κ1) is 21.3. The number of ether oxygens (including phenoxy) is 1. The van der Waals surface area contributed by atoms with E-state index in [4.69, 9.17) is 4.74 Å². The first-order valence-corrected chi connectivity index (χ1v) is 10.3. The number of aryl methyl sites for hydroxylation is 1. The van der Waals surface area contributed by atoms with Gasteiger partial charge in [0.15, 0.2) is 0 Å². The van der Waals surface area contributed by atoms with Crippen LogP contribution in [0.25, 0.3) is 0 Å². The van der Waals surface area contributed by atoms with Gasteiger partial charge in [0.1, 0.15) is 5.60 Å². The zero-order valence-electron chi connectivity index (χ0n) is 17.6. The Kier molecular flexibility index (Phi) is 7.74. The Labute approximate surface area is 165 Å². The maximum Gasteiger partial charge on any atom is 0.410 e. The highest BCUT2D eigenvalue weighted by atomic mass is 16.6. The molecule has 1 unspecified atom stereocenters. The van der Waals surface area contributed by atoms with Crippen LogP contribution in [0.3, 0.4) is 0 Å². The Morgan fingerprint density at radius 3 is 2.63 bits per heavy atom. The Morgan fingerprint density at radius 2 is 2.00 bits per heavy atom. The lowest BCUT2D eigenvalue weighted by atomic mass is 9.97. The molecule has 148 valence electrons. The van der Waals surface area contributed by atoms with Gasteiger partial charge in [0, 0.05) is 6.54 Å². The molecule has 3 nitrogen and oxygen atoms in total. The summed E-state index contributed by atoms with van der Waals surface area (Å²) in [7, 11) is 0. The van der Waals surface area contributed by atoms with E-state index in [-0.39, 0.29) is 12.1 Å². The summed E-state index contributed by atoms with van der Waals surface area (Å²) in [6.07, 6.45) is 7.03. The summed E-state index contributed by atoms with van der Waals surface area (Å²) in [5, 5.41) is 0. The number of rotatable bonds is 6. The smallest absolute Gasteiger partial charge is 0.410 e. The Hall–Kier alpha value is -1.99. The molecule has 0 N–H and O–H groups in total. The normalized spacial score (nSPS) is 17.0. The molecule has 1 amide bonds. The molecule has 0 bridgehead atoms. The lowest BCUT2D eigenvalue weighted by molar-refractivity contribution is 0.0247. The fourth-order valence-electron chi connectivity index (χ4n) is 3.40. The highest BCUT2D eigenvalue weighted by Gasteiger charge is 2.34. The highest BCUT2D eigenvalue weighted by molar-refractivity contribution is 5.69. The molecule has 0 spiro atoms. The lowest BCUT2D eigenvalue weighted by Crippen LogP contribution is -2.40. The number of amides is 1. The average molecular weight is 370 g/mol. The van der Waals surface area contributed by atoms with Gasteiger partial charge < -0.3 is 9.64 Å². The van der Waals surface area contributed by atoms with Crippen LogP contribution in [0.5, 0.6) is 0 Å². The van der Waals surface area contributed by atoms with Crippen molar-refractivity contribution < 1.29 is 9.53 Å². The van der Waals surface area contributed by atoms with E-state index in [1.807, 2.05) is 25.7 Å². The number of hydrogen-bond acceptors (Lipinski definition) is 2. The molecule has 1 aliphatic rings. The molecule has 1 aromatic rings. The molecule has 1 atom stereocenters. The molecule has 0 radical (unpaired) electrons. The number of likely N-dealkylation sites (tertiary alicyclic amines) is 1. The van der Waals surface area contributed by atoms with Gasteiger partial charge in [0.05, 0.1) is 6.04 Å². The second-order valence-electron chi connectivity index (χ2n) is 8.75. The summed E-state index contributed by atoms with van der Waals surface area (Å²) >= 11 is 0. The second kappa shape index (κ2) is 9.80. The maximum atomic E-state index is 12.7. The average Bonchev–Trinajstić information content (AvgIpc) is 3.07. The van der Waals surface area contributed by atoms with Gasteiger partial charge in [-0.1, -0.05) is 44.2 Å². The molecule has 1 heterocycles. The summed E-state index contributed by atoms with van der Waals surface area (Å²) in [5.74, 6) is 0.450. The molecule has 1 aromatic carbocycles. The Morgan fingerprint density at radius 1 is 1.30 bits per heavy atom. The number of carbonyl (C=O) groups excluding carboxylic acids is 1. The zero-order chi connectivity index (χ0) is 19.9. The first-order chi connectivity index (χ1) is 12.8. The van der Waals surface area contributed by atoms with E-state index < -0.39 is 5.60 Å². The molecule has 27 heavy (non-hydrogen) atoms. The molecular weight excluding hydrogens is 334 g/mol. The summed E-state index contributed by atoms with van der Waals surface area (Å²) in [5.41, 5.74) is 5.67. The van der Waals surface area contributed by atoms with Crippen LogP contribution in [0.15, 0.2) is 47.7 Å². The summed E-state index contributed by atoms with van der Waals surface area (Å²) in [4.78, 5) is 14.6. The molecule has 3 heteroatoms. The fraction of sp³-hybridized carbons (Fsp3) is 0.583. The number of benzene rings is 1. The largest absolute Gasteiger partial charge is 0.444 e. The van der Waals surface area contributed by atoms with Crippen molar-refractivity contribution in [2.45, 2.75) is 78.4 Å². The van der Waals surface area contributed by atoms with Gasteiger partial charge >= 0.3 is 6.09 Å². The topological polar surface area (TPSA) is 29.5 Å². The fourth-order valence-corrected chi connectivity index (χ4v) is 3.40. The van der Waals surface area contributed by atoms with Gasteiger partial charge in [0.2, 0.25) is 0 Å². The van der Waals surface area contributed by atoms with Crippen molar-refractivity contribution in [3.05, 3.63) is 53.3 Å². The van der Waals surface area contributed by atoms with E-state index in [2.05, 4.69) is 56.0 Å². The predicted molar refractivity (Wildman–Crippen MR) is 112 cm³/mol. The third kappa shape index (κ3) is 7.27. The van der Waals surface area contributed by atoms with Crippen molar-refractivity contribution in [1.29, 1.82) is 0 Å². The highest BCUT2D eigenvalue weighted by Crippen LogP contribution is 2.28. The summed E-state index contributed by atoms with van der Waals surface area (Å²) < 4.78 is 5.64. The van der Waals surface area contributed by atoms with Gasteiger partial charge in [-0.3, -0.25) is 0 Å². The minimum atomic E-state index is -0.463. The van der Waals surface area contributed by atoms with Crippen LogP contribution in [0.4, 0.5) is 4.79 Å². The first-order valence-electron chi connectivity index (χ1n) is 10.3. The minimum Gasteiger partial charge on any atom is -0.444 e. The van der Waals surface area contributed by atoms with E-state index in [0.29, 0.717) is 5.92 Å². The van der Waals surface area contributed by atoms with Crippen LogP contribution < -0.4 is 0 Å². The Bertz CT molecular complexity index is 663. The van der Waals surface area contributed by atoms with Crippen LogP contribution in [-0.2, 0) is 11.2 Å². The van der Waals surface area contributed by atoms with Crippen LogP contribution in [0, 0.1) is 5.92 Å². The summed E-state index contributed by atoms with van der Waals surface area (Å²) in [6, 6.07) is 10.7. The molecule has 1 fully saturated rings.